The normalized spacial score (nSPS) is 13.6. The van der Waals surface area contributed by atoms with E-state index in [1.165, 1.54) is 141 Å². The van der Waals surface area contributed by atoms with Crippen LogP contribution in [0.5, 0.6) is 0 Å². The van der Waals surface area contributed by atoms with E-state index in [9.17, 15) is 19.5 Å². The Hall–Kier alpha value is -5.09. The molecule has 0 aromatic carbocycles. The van der Waals surface area contributed by atoms with Crippen molar-refractivity contribution in [1.82, 2.24) is 0 Å². The van der Waals surface area contributed by atoms with Crippen LogP contribution in [-0.2, 0) is 33.3 Å². The van der Waals surface area contributed by atoms with E-state index in [2.05, 4.69) is 172 Å². The molecule has 0 radical (unpaired) electrons. The number of hydrogen-bond acceptors (Lipinski definition) is 8. The number of hydrogen-bond donors (Lipinski definition) is 0. The van der Waals surface area contributed by atoms with Gasteiger partial charge in [0.2, 0.25) is 0 Å². The van der Waals surface area contributed by atoms with Crippen molar-refractivity contribution < 1.29 is 42.9 Å². The van der Waals surface area contributed by atoms with Gasteiger partial charge in [0.05, 0.1) is 40.3 Å². The number of quaternary nitrogens is 1. The number of allylic oxidation sites excluding steroid dienone is 26. The van der Waals surface area contributed by atoms with Gasteiger partial charge in [0.25, 0.3) is 0 Å². The smallest absolute Gasteiger partial charge is 0.306 e. The largest absolute Gasteiger partial charge is 0.545 e. The summed E-state index contributed by atoms with van der Waals surface area (Å²) in [7, 11) is 5.91. The van der Waals surface area contributed by atoms with E-state index >= 15 is 0 Å². The highest BCUT2D eigenvalue weighted by Gasteiger charge is 2.22. The van der Waals surface area contributed by atoms with E-state index < -0.39 is 24.3 Å². The zero-order chi connectivity index (χ0) is 66.1. The maximum Gasteiger partial charge on any atom is 0.306 e. The first kappa shape index (κ1) is 85.9. The minimum absolute atomic E-state index is 0.130. The Morgan fingerprint density at radius 2 is 0.604 bits per heavy atom. The van der Waals surface area contributed by atoms with Gasteiger partial charge in [0.15, 0.2) is 12.4 Å². The van der Waals surface area contributed by atoms with E-state index in [4.69, 9.17) is 18.9 Å². The van der Waals surface area contributed by atoms with Crippen molar-refractivity contribution >= 4 is 17.9 Å². The summed E-state index contributed by atoms with van der Waals surface area (Å²) in [5, 5.41) is 11.8. The second-order valence-electron chi connectivity index (χ2n) is 25.1. The Labute approximate surface area is 559 Å². The number of carboxylic acid groups (broad SMARTS) is 1. The second kappa shape index (κ2) is 70.8. The van der Waals surface area contributed by atoms with Crippen LogP contribution in [0.4, 0.5) is 0 Å². The van der Waals surface area contributed by atoms with Crippen molar-refractivity contribution in [2.24, 2.45) is 0 Å². The highest BCUT2D eigenvalue weighted by Crippen LogP contribution is 2.17. The molecule has 516 valence electrons. The van der Waals surface area contributed by atoms with Gasteiger partial charge in [-0.25, -0.2) is 0 Å². The number of rotatable bonds is 66. The van der Waals surface area contributed by atoms with Crippen molar-refractivity contribution in [2.45, 2.75) is 296 Å². The summed E-state index contributed by atoms with van der Waals surface area (Å²) >= 11 is 0. The molecule has 9 nitrogen and oxygen atoms in total. The summed E-state index contributed by atoms with van der Waals surface area (Å²) in [5.74, 6) is -2.37. The average molecular weight is 1260 g/mol. The van der Waals surface area contributed by atoms with Crippen LogP contribution < -0.4 is 5.11 Å². The zero-order valence-corrected chi connectivity index (χ0v) is 58.9. The number of aliphatic carboxylic acids is 1. The molecule has 0 fully saturated rings. The first-order chi connectivity index (χ1) is 44.6. The van der Waals surface area contributed by atoms with Gasteiger partial charge >= 0.3 is 11.9 Å². The molecule has 0 spiro atoms. The molecule has 0 aliphatic rings. The standard InChI is InChI=1S/C82H135NO8/c1-6-8-10-12-14-16-18-20-22-24-26-28-30-32-34-36-37-38-39-40-41-42-43-45-46-48-50-52-54-56-58-60-62-64-66-68-70-72-79(84)89-76-78(77-90-82(81(86)87)88-75-74-83(3,4)5)91-80(85)73-71-69-67-65-63-61-59-57-55-53-51-49-47-44-35-33-31-29-27-25-23-21-19-17-15-13-11-9-7-2/h8-11,14-17,20-23,26-29,33,35,47,49,53,55,59,61,65,67,78,82H,6-7,12-13,18-19,24-25,30-32,34,36-46,48,50-52,54,56-58,60,62-64,66,68-77H2,1-5H3/b10-8-,11-9-,16-14-,17-15-,22-20-,23-21-,28-26-,29-27-,35-33-,49-47-,55-53-,61-59-,67-65-. The molecule has 0 aromatic rings. The lowest BCUT2D eigenvalue weighted by Gasteiger charge is -2.26. The van der Waals surface area contributed by atoms with Crippen LogP contribution in [-0.4, -0.2) is 82.3 Å². The van der Waals surface area contributed by atoms with Gasteiger partial charge in [-0.05, 0) is 116 Å². The van der Waals surface area contributed by atoms with Crippen molar-refractivity contribution in [1.29, 1.82) is 0 Å². The van der Waals surface area contributed by atoms with E-state index in [0.717, 1.165) is 103 Å². The number of likely N-dealkylation sites (N-methyl/N-ethyl adjacent to an activating group) is 1. The number of carbonyl (C=O) groups excluding carboxylic acids is 3. The molecule has 0 aliphatic heterocycles. The van der Waals surface area contributed by atoms with Crippen LogP contribution in [0.3, 0.4) is 0 Å². The predicted molar refractivity (Wildman–Crippen MR) is 389 cm³/mol. The Morgan fingerprint density at radius 3 is 0.912 bits per heavy atom. The van der Waals surface area contributed by atoms with Gasteiger partial charge < -0.3 is 33.3 Å². The number of nitrogens with zero attached hydrogens (tertiary/aromatic N) is 1. The van der Waals surface area contributed by atoms with Crippen LogP contribution in [0.2, 0.25) is 0 Å². The molecule has 0 aromatic heterocycles. The molecule has 0 heterocycles. The van der Waals surface area contributed by atoms with Crippen LogP contribution >= 0.6 is 0 Å². The van der Waals surface area contributed by atoms with Crippen LogP contribution in [0.1, 0.15) is 284 Å². The van der Waals surface area contributed by atoms with Gasteiger partial charge in [-0.2, -0.15) is 0 Å². The fraction of sp³-hybridized carbons (Fsp3) is 0.646. The second-order valence-corrected chi connectivity index (χ2v) is 25.1. The maximum atomic E-state index is 12.9. The maximum absolute atomic E-state index is 12.9. The van der Waals surface area contributed by atoms with Crippen LogP contribution in [0.25, 0.3) is 0 Å². The lowest BCUT2D eigenvalue weighted by atomic mass is 10.0. The molecule has 9 heteroatoms. The first-order valence-electron chi connectivity index (χ1n) is 36.6. The van der Waals surface area contributed by atoms with Gasteiger partial charge in [-0.15, -0.1) is 0 Å². The molecule has 0 saturated carbocycles. The molecule has 0 bridgehead atoms. The Morgan fingerprint density at radius 1 is 0.330 bits per heavy atom. The monoisotopic (exact) mass is 1260 g/mol. The van der Waals surface area contributed by atoms with E-state index in [-0.39, 0.29) is 38.6 Å². The Balaban J connectivity index is 4.15. The number of esters is 2. The molecular formula is C82H135NO8. The lowest BCUT2D eigenvalue weighted by molar-refractivity contribution is -0.870. The van der Waals surface area contributed by atoms with Crippen molar-refractivity contribution in [2.75, 3.05) is 47.5 Å². The van der Waals surface area contributed by atoms with Crippen molar-refractivity contribution in [3.05, 3.63) is 158 Å². The van der Waals surface area contributed by atoms with Crippen molar-refractivity contribution in [3.63, 3.8) is 0 Å². The molecule has 2 unspecified atom stereocenters. The quantitative estimate of drug-likeness (QED) is 0.0195. The predicted octanol–water partition coefficient (Wildman–Crippen LogP) is 21.9. The van der Waals surface area contributed by atoms with Crippen molar-refractivity contribution in [3.8, 4) is 0 Å². The minimum atomic E-state index is -1.65. The number of carboxylic acids is 1. The SMILES string of the molecule is CC/C=C\C/C=C\C/C=C\C/C=C\C/C=C\C/C=C\C/C=C\C/C=C\C/C=C\CCCC(=O)OC(COC(=O)CCCCCCCCCCCCCCCCCCCCCCCCCC/C=C\C/C=C\C/C=C\C/C=C\CC)COC(OCC[N+](C)(C)C)C(=O)[O-]. The molecule has 2 atom stereocenters. The number of ether oxygens (including phenoxy) is 4. The Bertz CT molecular complexity index is 2060. The van der Waals surface area contributed by atoms with Gasteiger partial charge in [-0.1, -0.05) is 313 Å². The third-order valence-corrected chi connectivity index (χ3v) is 15.3. The summed E-state index contributed by atoms with van der Waals surface area (Å²) in [5.41, 5.74) is 0. The van der Waals surface area contributed by atoms with Crippen LogP contribution in [0, 0.1) is 0 Å². The number of unbranched alkanes of at least 4 members (excludes halogenated alkanes) is 25. The summed E-state index contributed by atoms with van der Waals surface area (Å²) in [6.45, 7) is 4.46. The summed E-state index contributed by atoms with van der Waals surface area (Å²) in [6, 6.07) is 0. The zero-order valence-electron chi connectivity index (χ0n) is 58.9. The molecule has 0 aliphatic carbocycles. The highest BCUT2D eigenvalue weighted by atomic mass is 16.7. The van der Waals surface area contributed by atoms with Crippen LogP contribution in [0.15, 0.2) is 158 Å². The Kier molecular flexibility index (Phi) is 66.8. The third-order valence-electron chi connectivity index (χ3n) is 15.3. The summed E-state index contributed by atoms with van der Waals surface area (Å²) < 4.78 is 22.7. The average Bonchev–Trinajstić information content (AvgIpc) is 3.66. The molecular weight excluding hydrogens is 1130 g/mol. The summed E-state index contributed by atoms with van der Waals surface area (Å²) in [4.78, 5) is 37.5. The van der Waals surface area contributed by atoms with Gasteiger partial charge in [0, 0.05) is 12.8 Å². The van der Waals surface area contributed by atoms with E-state index in [1.54, 1.807) is 0 Å². The van der Waals surface area contributed by atoms with Gasteiger partial charge in [-0.3, -0.25) is 9.59 Å². The minimum Gasteiger partial charge on any atom is -0.545 e. The molecule has 0 rings (SSSR count). The first-order valence-corrected chi connectivity index (χ1v) is 36.6. The summed E-state index contributed by atoms with van der Waals surface area (Å²) in [6.07, 6.45) is 102. The molecule has 0 saturated heterocycles. The highest BCUT2D eigenvalue weighted by molar-refractivity contribution is 5.70. The molecule has 91 heavy (non-hydrogen) atoms. The molecule has 0 N–H and O–H groups in total. The third kappa shape index (κ3) is 72.2. The lowest BCUT2D eigenvalue weighted by Crippen LogP contribution is -2.44. The van der Waals surface area contributed by atoms with E-state index in [0.29, 0.717) is 23.9 Å². The van der Waals surface area contributed by atoms with E-state index in [1.807, 2.05) is 21.1 Å². The van der Waals surface area contributed by atoms with Gasteiger partial charge in [0.1, 0.15) is 13.2 Å². The topological polar surface area (TPSA) is 111 Å². The molecule has 0 amide bonds. The number of carbonyl (C=O) groups is 3. The fourth-order valence-corrected chi connectivity index (χ4v) is 9.77. The fourth-order valence-electron chi connectivity index (χ4n) is 9.77.